The average Bonchev–Trinajstić information content (AvgIpc) is 2.12. The Kier molecular flexibility index (Phi) is 5.31. The van der Waals surface area contributed by atoms with E-state index in [4.69, 9.17) is 31.9 Å². The molecule has 6 nitrogen and oxygen atoms in total. The van der Waals surface area contributed by atoms with Crippen LogP contribution in [-0.2, 0) is 0 Å². The molecule has 0 fully saturated rings. The van der Waals surface area contributed by atoms with Gasteiger partial charge in [-0.1, -0.05) is 0 Å². The first-order valence-electron chi connectivity index (χ1n) is 3.65. The highest BCUT2D eigenvalue weighted by molar-refractivity contribution is 4.83. The fraction of sp³-hybridized carbons (Fsp3) is 1.00. The molecule has 0 aliphatic rings. The minimum Gasteiger partial charge on any atom is -0.395 e. The highest BCUT2D eigenvalue weighted by atomic mass is 16.4. The summed E-state index contributed by atoms with van der Waals surface area (Å²) in [7, 11) is 0. The second-order valence-corrected chi connectivity index (χ2v) is 2.63. The molecule has 0 heterocycles. The van der Waals surface area contributed by atoms with Crippen molar-refractivity contribution in [2.24, 2.45) is 11.5 Å². The smallest absolute Gasteiger partial charge is 0.109 e. The number of aliphatic hydroxyl groups is 4. The summed E-state index contributed by atoms with van der Waals surface area (Å²) in [6, 6.07) is -0.971. The Morgan fingerprint density at radius 2 is 1.58 bits per heavy atom. The number of nitrogens with two attached hydrogens (primary N) is 2. The Labute approximate surface area is 70.4 Å². The molecule has 0 amide bonds. The van der Waals surface area contributed by atoms with Gasteiger partial charge < -0.3 is 31.9 Å². The van der Waals surface area contributed by atoms with Crippen molar-refractivity contribution in [2.45, 2.75) is 24.4 Å². The zero-order valence-corrected chi connectivity index (χ0v) is 6.67. The predicted octanol–water partition coefficient (Wildman–Crippen LogP) is -3.65. The van der Waals surface area contributed by atoms with E-state index in [1.807, 2.05) is 0 Å². The molecule has 0 aromatic carbocycles. The van der Waals surface area contributed by atoms with E-state index in [9.17, 15) is 0 Å². The monoisotopic (exact) mass is 180 g/mol. The first-order chi connectivity index (χ1) is 5.54. The lowest BCUT2D eigenvalue weighted by Crippen LogP contribution is -2.51. The van der Waals surface area contributed by atoms with Crippen LogP contribution in [0.1, 0.15) is 0 Å². The molecule has 0 rings (SSSR count). The fourth-order valence-corrected chi connectivity index (χ4v) is 0.728. The van der Waals surface area contributed by atoms with Gasteiger partial charge in [-0.3, -0.25) is 0 Å². The molecule has 12 heavy (non-hydrogen) atoms. The van der Waals surface area contributed by atoms with Crippen molar-refractivity contribution in [3.05, 3.63) is 0 Å². The third-order valence-corrected chi connectivity index (χ3v) is 1.64. The van der Waals surface area contributed by atoms with Gasteiger partial charge in [0.15, 0.2) is 0 Å². The molecule has 6 heteroatoms. The standard InChI is InChI=1S/C6H16N2O4/c7-1-4(10)6(12)5(11)3(8)2-9/h3-6,9-12H,1-2,7-8H2/t3-,4-,5+,6+/m0/s1. The quantitative estimate of drug-likeness (QED) is 0.258. The molecule has 0 spiro atoms. The molecule has 0 unspecified atom stereocenters. The van der Waals surface area contributed by atoms with Crippen molar-refractivity contribution in [1.29, 1.82) is 0 Å². The normalized spacial score (nSPS) is 21.5. The Hall–Kier alpha value is -0.240. The SMILES string of the molecule is NC[C@H](O)[C@@H](O)[C@H](O)[C@@H](N)CO. The van der Waals surface area contributed by atoms with Gasteiger partial charge in [-0.05, 0) is 0 Å². The van der Waals surface area contributed by atoms with Gasteiger partial charge in [0.05, 0.1) is 24.9 Å². The lowest BCUT2D eigenvalue weighted by Gasteiger charge is -2.25. The largest absolute Gasteiger partial charge is 0.395 e. The van der Waals surface area contributed by atoms with Gasteiger partial charge in [-0.2, -0.15) is 0 Å². The summed E-state index contributed by atoms with van der Waals surface area (Å²) in [6.45, 7) is -0.633. The maximum atomic E-state index is 9.14. The Morgan fingerprint density at radius 3 is 1.92 bits per heavy atom. The first kappa shape index (κ1) is 11.8. The molecular weight excluding hydrogens is 164 g/mol. The van der Waals surface area contributed by atoms with E-state index < -0.39 is 31.0 Å². The van der Waals surface area contributed by atoms with Crippen LogP contribution in [0.3, 0.4) is 0 Å². The van der Waals surface area contributed by atoms with E-state index in [0.717, 1.165) is 0 Å². The molecule has 0 aromatic heterocycles. The summed E-state index contributed by atoms with van der Waals surface area (Å²) < 4.78 is 0. The van der Waals surface area contributed by atoms with Crippen molar-refractivity contribution in [2.75, 3.05) is 13.2 Å². The molecule has 0 aliphatic heterocycles. The van der Waals surface area contributed by atoms with Crippen molar-refractivity contribution >= 4 is 0 Å². The number of hydrogen-bond acceptors (Lipinski definition) is 6. The zero-order chi connectivity index (χ0) is 9.72. The van der Waals surface area contributed by atoms with Crippen molar-refractivity contribution in [3.63, 3.8) is 0 Å². The third kappa shape index (κ3) is 3.02. The van der Waals surface area contributed by atoms with Crippen LogP contribution in [0, 0.1) is 0 Å². The summed E-state index contributed by atoms with van der Waals surface area (Å²) in [4.78, 5) is 0. The van der Waals surface area contributed by atoms with Gasteiger partial charge in [0.2, 0.25) is 0 Å². The third-order valence-electron chi connectivity index (χ3n) is 1.64. The maximum Gasteiger partial charge on any atom is 0.109 e. The van der Waals surface area contributed by atoms with Gasteiger partial charge in [0, 0.05) is 6.54 Å². The summed E-state index contributed by atoms with van der Waals surface area (Å²) in [5.41, 5.74) is 10.2. The van der Waals surface area contributed by atoms with Gasteiger partial charge in [-0.25, -0.2) is 0 Å². The molecule has 0 aliphatic carbocycles. The summed E-state index contributed by atoms with van der Waals surface area (Å²) in [5, 5.41) is 35.7. The fourth-order valence-electron chi connectivity index (χ4n) is 0.728. The lowest BCUT2D eigenvalue weighted by atomic mass is 10.0. The van der Waals surface area contributed by atoms with E-state index in [0.29, 0.717) is 0 Å². The zero-order valence-electron chi connectivity index (χ0n) is 6.67. The van der Waals surface area contributed by atoms with Crippen molar-refractivity contribution < 1.29 is 20.4 Å². The molecule has 0 saturated heterocycles. The molecule has 0 saturated carbocycles. The summed E-state index contributed by atoms with van der Waals surface area (Å²) in [5.74, 6) is 0. The molecule has 4 atom stereocenters. The van der Waals surface area contributed by atoms with Crippen LogP contribution in [0.5, 0.6) is 0 Å². The summed E-state index contributed by atoms with van der Waals surface area (Å²) in [6.07, 6.45) is -4.01. The van der Waals surface area contributed by atoms with Gasteiger partial charge in [-0.15, -0.1) is 0 Å². The van der Waals surface area contributed by atoms with E-state index >= 15 is 0 Å². The maximum absolute atomic E-state index is 9.14. The second-order valence-electron chi connectivity index (χ2n) is 2.63. The van der Waals surface area contributed by atoms with Crippen LogP contribution in [-0.4, -0.2) is 57.9 Å². The second kappa shape index (κ2) is 5.41. The number of rotatable bonds is 5. The van der Waals surface area contributed by atoms with Crippen LogP contribution in [0.25, 0.3) is 0 Å². The number of aliphatic hydroxyl groups excluding tert-OH is 4. The van der Waals surface area contributed by atoms with Crippen LogP contribution < -0.4 is 11.5 Å². The molecule has 74 valence electrons. The Morgan fingerprint density at radius 1 is 1.08 bits per heavy atom. The lowest BCUT2D eigenvalue weighted by molar-refractivity contribution is -0.0691. The number of hydrogen-bond donors (Lipinski definition) is 6. The van der Waals surface area contributed by atoms with E-state index in [-0.39, 0.29) is 6.54 Å². The summed E-state index contributed by atoms with van der Waals surface area (Å²) >= 11 is 0. The predicted molar refractivity (Wildman–Crippen MR) is 42.1 cm³/mol. The minimum absolute atomic E-state index is 0.170. The van der Waals surface area contributed by atoms with E-state index in [1.165, 1.54) is 0 Å². The first-order valence-corrected chi connectivity index (χ1v) is 3.65. The Bertz CT molecular complexity index is 110. The molecule has 0 radical (unpaired) electrons. The minimum atomic E-state index is -1.42. The van der Waals surface area contributed by atoms with Crippen LogP contribution in [0.2, 0.25) is 0 Å². The highest BCUT2D eigenvalue weighted by Crippen LogP contribution is 2.02. The van der Waals surface area contributed by atoms with Crippen LogP contribution in [0.15, 0.2) is 0 Å². The van der Waals surface area contributed by atoms with Crippen LogP contribution in [0.4, 0.5) is 0 Å². The molecule has 8 N–H and O–H groups in total. The van der Waals surface area contributed by atoms with Crippen molar-refractivity contribution in [3.8, 4) is 0 Å². The highest BCUT2D eigenvalue weighted by Gasteiger charge is 2.27. The molecule has 0 bridgehead atoms. The van der Waals surface area contributed by atoms with Crippen molar-refractivity contribution in [1.82, 2.24) is 0 Å². The van der Waals surface area contributed by atoms with E-state index in [1.54, 1.807) is 0 Å². The van der Waals surface area contributed by atoms with Crippen LogP contribution >= 0.6 is 0 Å². The molecule has 0 aromatic rings. The van der Waals surface area contributed by atoms with Gasteiger partial charge >= 0.3 is 0 Å². The van der Waals surface area contributed by atoms with Gasteiger partial charge in [0.1, 0.15) is 6.10 Å². The average molecular weight is 180 g/mol. The van der Waals surface area contributed by atoms with Gasteiger partial charge in [0.25, 0.3) is 0 Å². The van der Waals surface area contributed by atoms with E-state index in [2.05, 4.69) is 0 Å². The Balaban J connectivity index is 3.99. The topological polar surface area (TPSA) is 133 Å². The molecular formula is C6H16N2O4.